The first-order valence-corrected chi connectivity index (χ1v) is 8.02. The average Bonchev–Trinajstić information content (AvgIpc) is 2.48. The zero-order chi connectivity index (χ0) is 15.1. The molecule has 0 radical (unpaired) electrons. The van der Waals surface area contributed by atoms with E-state index in [1.54, 1.807) is 0 Å². The van der Waals surface area contributed by atoms with Crippen LogP contribution in [0.3, 0.4) is 0 Å². The van der Waals surface area contributed by atoms with Crippen molar-refractivity contribution >= 4 is 0 Å². The smallest absolute Gasteiger partial charge is 0.119 e. The molecular formula is C17H29N3O. The summed E-state index contributed by atoms with van der Waals surface area (Å²) < 4.78 is 5.74. The molecule has 1 N–H and O–H groups in total. The van der Waals surface area contributed by atoms with Crippen LogP contribution < -0.4 is 10.2 Å². The van der Waals surface area contributed by atoms with Gasteiger partial charge in [-0.3, -0.25) is 5.43 Å². The molecule has 1 aromatic rings. The molecule has 0 atom stereocenters. The van der Waals surface area contributed by atoms with Gasteiger partial charge in [-0.25, -0.2) is 5.01 Å². The van der Waals surface area contributed by atoms with Crippen LogP contribution in [0.5, 0.6) is 5.75 Å². The third-order valence-electron chi connectivity index (χ3n) is 3.90. The number of nitrogens with zero attached hydrogens (tertiary/aromatic N) is 2. The number of hydrogen-bond acceptors (Lipinski definition) is 4. The van der Waals surface area contributed by atoms with Gasteiger partial charge in [0, 0.05) is 32.7 Å². The Kier molecular flexibility index (Phi) is 6.49. The fourth-order valence-corrected chi connectivity index (χ4v) is 2.28. The fourth-order valence-electron chi connectivity index (χ4n) is 2.28. The molecule has 0 aliphatic carbocycles. The van der Waals surface area contributed by atoms with E-state index in [-0.39, 0.29) is 0 Å². The molecular weight excluding hydrogens is 262 g/mol. The second-order valence-corrected chi connectivity index (χ2v) is 6.30. The van der Waals surface area contributed by atoms with Gasteiger partial charge < -0.3 is 9.64 Å². The Labute approximate surface area is 129 Å². The zero-order valence-corrected chi connectivity index (χ0v) is 13.6. The largest absolute Gasteiger partial charge is 0.494 e. The van der Waals surface area contributed by atoms with Crippen molar-refractivity contribution in [2.75, 3.05) is 39.8 Å². The van der Waals surface area contributed by atoms with E-state index in [1.165, 1.54) is 5.56 Å². The molecule has 0 aromatic heterocycles. The van der Waals surface area contributed by atoms with E-state index in [9.17, 15) is 0 Å². The molecule has 1 aliphatic heterocycles. The Morgan fingerprint density at radius 1 is 1.10 bits per heavy atom. The predicted molar refractivity (Wildman–Crippen MR) is 87.3 cm³/mol. The molecule has 0 bridgehead atoms. The SMILES string of the molecule is CC(C)CCOc1ccc(CNN2CCN(C)CC2)cc1. The number of hydrazine groups is 1. The molecule has 0 unspecified atom stereocenters. The Hall–Kier alpha value is -1.10. The number of likely N-dealkylation sites (N-methyl/N-ethyl adjacent to an activating group) is 1. The van der Waals surface area contributed by atoms with Crippen molar-refractivity contribution < 1.29 is 4.74 Å². The van der Waals surface area contributed by atoms with E-state index in [2.05, 4.69) is 60.5 Å². The van der Waals surface area contributed by atoms with Crippen LogP contribution in [0.4, 0.5) is 0 Å². The van der Waals surface area contributed by atoms with Gasteiger partial charge in [-0.05, 0) is 37.1 Å². The summed E-state index contributed by atoms with van der Waals surface area (Å²) in [6.07, 6.45) is 1.10. The molecule has 4 heteroatoms. The first-order valence-electron chi connectivity index (χ1n) is 8.02. The summed E-state index contributed by atoms with van der Waals surface area (Å²) in [5, 5.41) is 2.31. The zero-order valence-electron chi connectivity index (χ0n) is 13.6. The molecule has 118 valence electrons. The molecule has 0 saturated carbocycles. The van der Waals surface area contributed by atoms with Crippen LogP contribution in [0.1, 0.15) is 25.8 Å². The van der Waals surface area contributed by atoms with Gasteiger partial charge >= 0.3 is 0 Å². The van der Waals surface area contributed by atoms with Gasteiger partial charge in [-0.1, -0.05) is 26.0 Å². The maximum absolute atomic E-state index is 5.74. The lowest BCUT2D eigenvalue weighted by Gasteiger charge is -2.32. The van der Waals surface area contributed by atoms with Crippen LogP contribution in [-0.2, 0) is 6.54 Å². The molecule has 2 rings (SSSR count). The maximum atomic E-state index is 5.74. The Morgan fingerprint density at radius 2 is 1.76 bits per heavy atom. The molecule has 4 nitrogen and oxygen atoms in total. The van der Waals surface area contributed by atoms with Crippen molar-refractivity contribution in [3.05, 3.63) is 29.8 Å². The van der Waals surface area contributed by atoms with E-state index >= 15 is 0 Å². The molecule has 1 aromatic carbocycles. The quantitative estimate of drug-likeness (QED) is 0.834. The number of hydrogen-bond donors (Lipinski definition) is 1. The van der Waals surface area contributed by atoms with Crippen LogP contribution in [0, 0.1) is 5.92 Å². The minimum absolute atomic E-state index is 0.692. The number of nitrogens with one attached hydrogen (secondary N) is 1. The highest BCUT2D eigenvalue weighted by molar-refractivity contribution is 5.27. The summed E-state index contributed by atoms with van der Waals surface area (Å²) in [5.74, 6) is 1.66. The Balaban J connectivity index is 1.69. The molecule has 1 saturated heterocycles. The molecule has 1 heterocycles. The number of benzene rings is 1. The third-order valence-corrected chi connectivity index (χ3v) is 3.90. The molecule has 0 amide bonds. The van der Waals surface area contributed by atoms with Crippen molar-refractivity contribution in [2.24, 2.45) is 5.92 Å². The lowest BCUT2D eigenvalue weighted by molar-refractivity contribution is 0.102. The fraction of sp³-hybridized carbons (Fsp3) is 0.647. The van der Waals surface area contributed by atoms with Crippen molar-refractivity contribution in [3.63, 3.8) is 0 Å². The van der Waals surface area contributed by atoms with Crippen LogP contribution in [0.25, 0.3) is 0 Å². The van der Waals surface area contributed by atoms with Gasteiger partial charge in [0.1, 0.15) is 5.75 Å². The minimum atomic E-state index is 0.692. The third kappa shape index (κ3) is 6.04. The summed E-state index contributed by atoms with van der Waals surface area (Å²) in [7, 11) is 2.18. The highest BCUT2D eigenvalue weighted by Gasteiger charge is 2.12. The predicted octanol–water partition coefficient (Wildman–Crippen LogP) is 2.36. The number of ether oxygens (including phenoxy) is 1. The van der Waals surface area contributed by atoms with E-state index in [0.29, 0.717) is 5.92 Å². The maximum Gasteiger partial charge on any atom is 0.119 e. The van der Waals surface area contributed by atoms with E-state index < -0.39 is 0 Å². The molecule has 0 spiro atoms. The van der Waals surface area contributed by atoms with Gasteiger partial charge in [0.25, 0.3) is 0 Å². The lowest BCUT2D eigenvalue weighted by Crippen LogP contribution is -2.50. The Bertz CT molecular complexity index is 397. The number of rotatable bonds is 7. The van der Waals surface area contributed by atoms with Crippen LogP contribution in [0.15, 0.2) is 24.3 Å². The van der Waals surface area contributed by atoms with Gasteiger partial charge in [0.15, 0.2) is 0 Å². The van der Waals surface area contributed by atoms with E-state index in [1.807, 2.05) is 0 Å². The highest BCUT2D eigenvalue weighted by atomic mass is 16.5. The van der Waals surface area contributed by atoms with Crippen molar-refractivity contribution in [2.45, 2.75) is 26.8 Å². The van der Waals surface area contributed by atoms with E-state index in [0.717, 1.165) is 51.5 Å². The summed E-state index contributed by atoms with van der Waals surface area (Å²) in [4.78, 5) is 2.36. The average molecular weight is 291 g/mol. The van der Waals surface area contributed by atoms with E-state index in [4.69, 9.17) is 4.74 Å². The standard InChI is InChI=1S/C17H29N3O/c1-15(2)8-13-21-17-6-4-16(5-7-17)14-18-20-11-9-19(3)10-12-20/h4-7,15,18H,8-14H2,1-3H3. The van der Waals surface area contributed by atoms with Gasteiger partial charge in [0.2, 0.25) is 0 Å². The second kappa shape index (κ2) is 8.37. The Morgan fingerprint density at radius 3 is 2.38 bits per heavy atom. The lowest BCUT2D eigenvalue weighted by atomic mass is 10.1. The monoisotopic (exact) mass is 291 g/mol. The molecule has 21 heavy (non-hydrogen) atoms. The summed E-state index contributed by atoms with van der Waals surface area (Å²) >= 11 is 0. The first-order chi connectivity index (χ1) is 10.1. The van der Waals surface area contributed by atoms with Gasteiger partial charge in [-0.2, -0.15) is 0 Å². The minimum Gasteiger partial charge on any atom is -0.494 e. The van der Waals surface area contributed by atoms with Crippen molar-refractivity contribution in [3.8, 4) is 5.75 Å². The second-order valence-electron chi connectivity index (χ2n) is 6.30. The highest BCUT2D eigenvalue weighted by Crippen LogP contribution is 2.13. The first kappa shape index (κ1) is 16.3. The summed E-state index contributed by atoms with van der Waals surface area (Å²) in [6.45, 7) is 10.6. The van der Waals surface area contributed by atoms with Crippen molar-refractivity contribution in [1.29, 1.82) is 0 Å². The van der Waals surface area contributed by atoms with Crippen LogP contribution >= 0.6 is 0 Å². The van der Waals surface area contributed by atoms with Gasteiger partial charge in [0.05, 0.1) is 6.61 Å². The van der Waals surface area contributed by atoms with Gasteiger partial charge in [-0.15, -0.1) is 0 Å². The number of piperazine rings is 1. The molecule has 1 fully saturated rings. The summed E-state index contributed by atoms with van der Waals surface area (Å²) in [6, 6.07) is 8.43. The van der Waals surface area contributed by atoms with Crippen molar-refractivity contribution in [1.82, 2.24) is 15.3 Å². The summed E-state index contributed by atoms with van der Waals surface area (Å²) in [5.41, 5.74) is 4.80. The normalized spacial score (nSPS) is 17.3. The van der Waals surface area contributed by atoms with Crippen LogP contribution in [0.2, 0.25) is 0 Å². The van der Waals surface area contributed by atoms with Crippen LogP contribution in [-0.4, -0.2) is 49.7 Å². The molecule has 1 aliphatic rings. The topological polar surface area (TPSA) is 27.7 Å².